The third-order valence-electron chi connectivity index (χ3n) is 2.76. The lowest BCUT2D eigenvalue weighted by Gasteiger charge is -2.13. The van der Waals surface area contributed by atoms with Crippen molar-refractivity contribution in [2.75, 3.05) is 27.2 Å². The van der Waals surface area contributed by atoms with Crippen LogP contribution in [0.1, 0.15) is 18.0 Å². The number of nitrogens with zero attached hydrogens (tertiary/aromatic N) is 3. The first kappa shape index (κ1) is 16.4. The molecule has 0 saturated carbocycles. The lowest BCUT2D eigenvalue weighted by atomic mass is 10.1. The van der Waals surface area contributed by atoms with Crippen molar-refractivity contribution in [3.63, 3.8) is 0 Å². The average Bonchev–Trinajstić information content (AvgIpc) is 2.39. The largest absolute Gasteiger partial charge is 0.309 e. The van der Waals surface area contributed by atoms with Crippen LogP contribution < -0.4 is 5.32 Å². The smallest absolute Gasteiger partial charge is 0.288 e. The molecular weight excluding hydrogens is 280 g/mol. The molecule has 1 aromatic carbocycles. The number of nitro benzene ring substituents is 1. The molecule has 1 atom stereocenters. The van der Waals surface area contributed by atoms with Crippen LogP contribution in [0.2, 0.25) is 5.02 Å². The molecule has 1 N–H and O–H groups in total. The van der Waals surface area contributed by atoms with E-state index < -0.39 is 11.0 Å². The Morgan fingerprint density at radius 2 is 2.25 bits per heavy atom. The highest BCUT2D eigenvalue weighted by molar-refractivity contribution is 6.32. The van der Waals surface area contributed by atoms with Crippen molar-refractivity contribution in [1.82, 2.24) is 10.2 Å². The van der Waals surface area contributed by atoms with E-state index >= 15 is 0 Å². The van der Waals surface area contributed by atoms with Gasteiger partial charge >= 0.3 is 0 Å². The molecule has 108 valence electrons. The maximum absolute atomic E-state index is 10.8. The summed E-state index contributed by atoms with van der Waals surface area (Å²) in [5.74, 6) is 0. The van der Waals surface area contributed by atoms with Crippen LogP contribution in [0.3, 0.4) is 0 Å². The number of nitrogens with one attached hydrogen (secondary N) is 1. The maximum atomic E-state index is 10.8. The van der Waals surface area contributed by atoms with Gasteiger partial charge < -0.3 is 4.90 Å². The van der Waals surface area contributed by atoms with Gasteiger partial charge in [0.05, 0.1) is 11.0 Å². The minimum Gasteiger partial charge on any atom is -0.309 e. The summed E-state index contributed by atoms with van der Waals surface area (Å²) in [6.07, 6.45) is 0.890. The molecule has 1 aromatic rings. The summed E-state index contributed by atoms with van der Waals surface area (Å²) >= 11 is 5.75. The van der Waals surface area contributed by atoms with Crippen LogP contribution in [-0.2, 0) is 0 Å². The van der Waals surface area contributed by atoms with Gasteiger partial charge in [-0.2, -0.15) is 5.26 Å². The van der Waals surface area contributed by atoms with Gasteiger partial charge in [-0.05, 0) is 45.2 Å². The highest BCUT2D eigenvalue weighted by atomic mass is 35.5. The topological polar surface area (TPSA) is 82.2 Å². The van der Waals surface area contributed by atoms with Gasteiger partial charge in [-0.15, -0.1) is 0 Å². The van der Waals surface area contributed by atoms with E-state index in [1.807, 2.05) is 14.1 Å². The van der Waals surface area contributed by atoms with E-state index in [1.165, 1.54) is 12.1 Å². The second kappa shape index (κ2) is 7.80. The van der Waals surface area contributed by atoms with Gasteiger partial charge in [-0.1, -0.05) is 17.7 Å². The zero-order chi connectivity index (χ0) is 15.1. The molecule has 0 amide bonds. The zero-order valence-corrected chi connectivity index (χ0v) is 12.2. The number of halogens is 1. The molecule has 0 aliphatic carbocycles. The SMILES string of the molecule is CN(C)CCCNC(C#N)c1ccc(Cl)c([N+](=O)[O-])c1. The van der Waals surface area contributed by atoms with Crippen molar-refractivity contribution in [3.8, 4) is 6.07 Å². The van der Waals surface area contributed by atoms with E-state index in [4.69, 9.17) is 16.9 Å². The van der Waals surface area contributed by atoms with Gasteiger partial charge in [0.2, 0.25) is 0 Å². The Kier molecular flexibility index (Phi) is 6.39. The summed E-state index contributed by atoms with van der Waals surface area (Å²) < 4.78 is 0. The van der Waals surface area contributed by atoms with Gasteiger partial charge in [0.1, 0.15) is 11.1 Å². The molecule has 20 heavy (non-hydrogen) atoms. The molecular formula is C13H17ClN4O2. The van der Waals surface area contributed by atoms with Gasteiger partial charge in [-0.3, -0.25) is 15.4 Å². The first-order chi connectivity index (χ1) is 9.45. The van der Waals surface area contributed by atoms with E-state index in [9.17, 15) is 10.1 Å². The highest BCUT2D eigenvalue weighted by Gasteiger charge is 2.17. The molecule has 7 heteroatoms. The van der Waals surface area contributed by atoms with Gasteiger partial charge in [0.15, 0.2) is 0 Å². The zero-order valence-electron chi connectivity index (χ0n) is 11.5. The Morgan fingerprint density at radius 1 is 1.55 bits per heavy atom. The van der Waals surface area contributed by atoms with Crippen molar-refractivity contribution in [1.29, 1.82) is 5.26 Å². The second-order valence-corrected chi connectivity index (χ2v) is 5.05. The maximum Gasteiger partial charge on any atom is 0.288 e. The first-order valence-electron chi connectivity index (χ1n) is 6.17. The van der Waals surface area contributed by atoms with Crippen LogP contribution in [0.25, 0.3) is 0 Å². The predicted octanol–water partition coefficient (Wildman–Crippen LogP) is 2.35. The average molecular weight is 297 g/mol. The third-order valence-corrected chi connectivity index (χ3v) is 3.08. The molecule has 1 unspecified atom stereocenters. The van der Waals surface area contributed by atoms with E-state index in [1.54, 1.807) is 6.07 Å². The first-order valence-corrected chi connectivity index (χ1v) is 6.55. The van der Waals surface area contributed by atoms with E-state index in [2.05, 4.69) is 16.3 Å². The molecule has 0 heterocycles. The molecule has 0 radical (unpaired) electrons. The molecule has 0 fully saturated rings. The molecule has 0 aliphatic heterocycles. The highest BCUT2D eigenvalue weighted by Crippen LogP contribution is 2.27. The summed E-state index contributed by atoms with van der Waals surface area (Å²) in [6, 6.07) is 5.94. The number of benzene rings is 1. The van der Waals surface area contributed by atoms with Crippen molar-refractivity contribution in [2.24, 2.45) is 0 Å². The summed E-state index contributed by atoms with van der Waals surface area (Å²) in [5.41, 5.74) is 0.368. The van der Waals surface area contributed by atoms with Gasteiger partial charge in [0, 0.05) is 6.07 Å². The number of hydrogen-bond acceptors (Lipinski definition) is 5. The van der Waals surface area contributed by atoms with Crippen LogP contribution in [0.4, 0.5) is 5.69 Å². The third kappa shape index (κ3) is 4.78. The van der Waals surface area contributed by atoms with E-state index in [-0.39, 0.29) is 10.7 Å². The predicted molar refractivity (Wildman–Crippen MR) is 77.6 cm³/mol. The van der Waals surface area contributed by atoms with E-state index in [0.29, 0.717) is 12.1 Å². The Morgan fingerprint density at radius 3 is 2.80 bits per heavy atom. The number of hydrogen-bond donors (Lipinski definition) is 1. The van der Waals surface area contributed by atoms with Crippen LogP contribution >= 0.6 is 11.6 Å². The Hall–Kier alpha value is -1.68. The summed E-state index contributed by atoms with van der Waals surface area (Å²) in [7, 11) is 3.95. The Bertz CT molecular complexity index is 514. The molecule has 0 aliphatic rings. The van der Waals surface area contributed by atoms with E-state index in [0.717, 1.165) is 13.0 Å². The van der Waals surface area contributed by atoms with Crippen molar-refractivity contribution < 1.29 is 4.92 Å². The van der Waals surface area contributed by atoms with Crippen molar-refractivity contribution in [2.45, 2.75) is 12.5 Å². The van der Waals surface area contributed by atoms with Crippen molar-refractivity contribution in [3.05, 3.63) is 38.9 Å². The summed E-state index contributed by atoms with van der Waals surface area (Å²) in [5, 5.41) is 23.1. The molecule has 0 aromatic heterocycles. The fraction of sp³-hybridized carbons (Fsp3) is 0.462. The number of nitro groups is 1. The van der Waals surface area contributed by atoms with Gasteiger partial charge in [-0.25, -0.2) is 0 Å². The lowest BCUT2D eigenvalue weighted by molar-refractivity contribution is -0.384. The standard InChI is InChI=1S/C13H17ClN4O2/c1-17(2)7-3-6-16-12(9-15)10-4-5-11(14)13(8-10)18(19)20/h4-5,8,12,16H,3,6-7H2,1-2H3. The summed E-state index contributed by atoms with van der Waals surface area (Å²) in [4.78, 5) is 12.3. The summed E-state index contributed by atoms with van der Waals surface area (Å²) in [6.45, 7) is 1.57. The Labute approximate surface area is 123 Å². The number of nitriles is 1. The molecule has 0 bridgehead atoms. The molecule has 0 spiro atoms. The van der Waals surface area contributed by atoms with Gasteiger partial charge in [0.25, 0.3) is 5.69 Å². The van der Waals surface area contributed by atoms with Crippen LogP contribution in [0.5, 0.6) is 0 Å². The molecule has 1 rings (SSSR count). The van der Waals surface area contributed by atoms with Crippen LogP contribution in [0, 0.1) is 21.4 Å². The van der Waals surface area contributed by atoms with Crippen molar-refractivity contribution >= 4 is 17.3 Å². The number of rotatable bonds is 7. The minimum atomic E-state index is -0.576. The van der Waals surface area contributed by atoms with Crippen LogP contribution in [0.15, 0.2) is 18.2 Å². The normalized spacial score (nSPS) is 12.2. The second-order valence-electron chi connectivity index (χ2n) is 4.64. The quantitative estimate of drug-likeness (QED) is 0.474. The fourth-order valence-electron chi connectivity index (χ4n) is 1.73. The Balaban J connectivity index is 2.73. The monoisotopic (exact) mass is 296 g/mol. The minimum absolute atomic E-state index is 0.0723. The molecule has 0 saturated heterocycles. The lowest BCUT2D eigenvalue weighted by Crippen LogP contribution is -2.24. The fourth-order valence-corrected chi connectivity index (χ4v) is 1.92. The van der Waals surface area contributed by atoms with Crippen LogP contribution in [-0.4, -0.2) is 37.0 Å². The molecule has 6 nitrogen and oxygen atoms in total.